The Labute approximate surface area is 161 Å². The molecule has 0 aromatic heterocycles. The van der Waals surface area contributed by atoms with Crippen LogP contribution in [-0.4, -0.2) is 67.5 Å². The average Bonchev–Trinajstić information content (AvgIpc) is 3.23. The van der Waals surface area contributed by atoms with Gasteiger partial charge >= 0.3 is 0 Å². The first-order valence-electron chi connectivity index (χ1n) is 10.1. The lowest BCUT2D eigenvalue weighted by Crippen LogP contribution is -2.58. The summed E-state index contributed by atoms with van der Waals surface area (Å²) < 4.78 is 5.16. The largest absolute Gasteiger partial charge is 0.497 e. The van der Waals surface area contributed by atoms with Gasteiger partial charge < -0.3 is 15.0 Å². The maximum absolute atomic E-state index is 12.8. The van der Waals surface area contributed by atoms with Crippen LogP contribution in [0.25, 0.3) is 0 Å². The normalized spacial score (nSPS) is 19.7. The predicted octanol–water partition coefficient (Wildman–Crippen LogP) is 2.15. The van der Waals surface area contributed by atoms with Crippen LogP contribution in [0.2, 0.25) is 0 Å². The van der Waals surface area contributed by atoms with Gasteiger partial charge in [0.2, 0.25) is 5.91 Å². The smallest absolute Gasteiger partial charge is 0.253 e. The van der Waals surface area contributed by atoms with E-state index in [9.17, 15) is 9.59 Å². The second kappa shape index (κ2) is 9.22. The molecule has 1 saturated carbocycles. The summed E-state index contributed by atoms with van der Waals surface area (Å²) in [6.07, 6.45) is 4.70. The molecule has 0 spiro atoms. The van der Waals surface area contributed by atoms with Gasteiger partial charge in [-0.3, -0.25) is 14.5 Å². The van der Waals surface area contributed by atoms with E-state index in [-0.39, 0.29) is 17.9 Å². The Hall–Kier alpha value is -2.08. The van der Waals surface area contributed by atoms with Gasteiger partial charge in [0.1, 0.15) is 5.75 Å². The highest BCUT2D eigenvalue weighted by molar-refractivity contribution is 5.94. The summed E-state index contributed by atoms with van der Waals surface area (Å²) in [6.45, 7) is 5.45. The number of nitrogens with zero attached hydrogens (tertiary/aromatic N) is 2. The van der Waals surface area contributed by atoms with Crippen LogP contribution in [0.1, 0.15) is 43.0 Å². The molecule has 1 N–H and O–H groups in total. The van der Waals surface area contributed by atoms with Crippen molar-refractivity contribution in [2.24, 2.45) is 5.92 Å². The molecule has 1 atom stereocenters. The van der Waals surface area contributed by atoms with E-state index in [2.05, 4.69) is 10.2 Å². The van der Waals surface area contributed by atoms with E-state index in [1.165, 1.54) is 12.8 Å². The van der Waals surface area contributed by atoms with Crippen LogP contribution in [0, 0.1) is 5.92 Å². The molecule has 1 unspecified atom stereocenters. The Morgan fingerprint density at radius 3 is 2.30 bits per heavy atom. The first-order chi connectivity index (χ1) is 13.1. The number of nitrogens with one attached hydrogen (secondary N) is 1. The maximum atomic E-state index is 12.8. The molecule has 3 rings (SSSR count). The highest BCUT2D eigenvalue weighted by Crippen LogP contribution is 2.31. The lowest BCUT2D eigenvalue weighted by atomic mass is 9.95. The van der Waals surface area contributed by atoms with Crippen molar-refractivity contribution in [1.29, 1.82) is 0 Å². The molecular weight excluding hydrogens is 342 g/mol. The lowest BCUT2D eigenvalue weighted by molar-refractivity contribution is -0.129. The Morgan fingerprint density at radius 2 is 1.74 bits per heavy atom. The molecule has 1 aliphatic heterocycles. The van der Waals surface area contributed by atoms with Gasteiger partial charge in [0, 0.05) is 38.3 Å². The van der Waals surface area contributed by atoms with Crippen LogP contribution < -0.4 is 10.1 Å². The van der Waals surface area contributed by atoms with Gasteiger partial charge in [-0.1, -0.05) is 12.8 Å². The first kappa shape index (κ1) is 19.7. The number of piperazine rings is 1. The fourth-order valence-electron chi connectivity index (χ4n) is 4.35. The fraction of sp³-hybridized carbons (Fsp3) is 0.619. The number of likely N-dealkylation sites (N-methyl/N-ethyl adjacent to an activating group) is 1. The number of carbonyl (C=O) groups is 2. The van der Waals surface area contributed by atoms with Crippen LogP contribution in [0.15, 0.2) is 24.3 Å². The van der Waals surface area contributed by atoms with Gasteiger partial charge in [0.05, 0.1) is 13.2 Å². The second-order valence-corrected chi connectivity index (χ2v) is 7.44. The molecule has 2 amide bonds. The minimum atomic E-state index is -0.0503. The third-order valence-corrected chi connectivity index (χ3v) is 5.80. The molecule has 1 aromatic carbocycles. The number of methoxy groups -OCH3 is 1. The molecule has 0 bridgehead atoms. The van der Waals surface area contributed by atoms with Gasteiger partial charge in [-0.2, -0.15) is 0 Å². The zero-order valence-electron chi connectivity index (χ0n) is 16.4. The van der Waals surface area contributed by atoms with Crippen molar-refractivity contribution in [3.63, 3.8) is 0 Å². The van der Waals surface area contributed by atoms with Gasteiger partial charge in [-0.25, -0.2) is 0 Å². The molecule has 2 fully saturated rings. The number of ether oxygens (including phenoxy) is 1. The van der Waals surface area contributed by atoms with Crippen molar-refractivity contribution in [2.45, 2.75) is 38.6 Å². The highest BCUT2D eigenvalue weighted by Gasteiger charge is 2.37. The van der Waals surface area contributed by atoms with Crippen molar-refractivity contribution >= 4 is 11.8 Å². The Bertz CT molecular complexity index is 633. The lowest BCUT2D eigenvalue weighted by Gasteiger charge is -2.40. The molecule has 6 heteroatoms. The number of rotatable bonds is 6. The summed E-state index contributed by atoms with van der Waals surface area (Å²) in [5, 5.41) is 3.02. The summed E-state index contributed by atoms with van der Waals surface area (Å²) in [4.78, 5) is 29.6. The Kier molecular flexibility index (Phi) is 6.72. The molecule has 1 saturated heterocycles. The van der Waals surface area contributed by atoms with Crippen LogP contribution in [0.5, 0.6) is 5.75 Å². The molecule has 1 aromatic rings. The second-order valence-electron chi connectivity index (χ2n) is 7.44. The van der Waals surface area contributed by atoms with Gasteiger partial charge in [0.25, 0.3) is 5.91 Å². The summed E-state index contributed by atoms with van der Waals surface area (Å²) in [6, 6.07) is 7.20. The van der Waals surface area contributed by atoms with E-state index in [1.807, 2.05) is 36.1 Å². The first-order valence-corrected chi connectivity index (χ1v) is 10.1. The molecular formula is C21H31N3O3. The minimum Gasteiger partial charge on any atom is -0.497 e. The van der Waals surface area contributed by atoms with Crippen LogP contribution in [-0.2, 0) is 4.79 Å². The van der Waals surface area contributed by atoms with Gasteiger partial charge in [-0.05, 0) is 49.9 Å². The Morgan fingerprint density at radius 1 is 1.11 bits per heavy atom. The van der Waals surface area contributed by atoms with Crippen LogP contribution in [0.4, 0.5) is 0 Å². The standard InChI is InChI=1S/C21H31N3O3/c1-3-22-20(25)19(16-6-4-5-7-16)23-12-14-24(15-13-23)21(26)17-8-10-18(27-2)11-9-17/h8-11,16,19H,3-7,12-15H2,1-2H3,(H,22,25). The van der Waals surface area contributed by atoms with E-state index < -0.39 is 0 Å². The van der Waals surface area contributed by atoms with Gasteiger partial charge in [-0.15, -0.1) is 0 Å². The molecule has 0 radical (unpaired) electrons. The maximum Gasteiger partial charge on any atom is 0.253 e. The summed E-state index contributed by atoms with van der Waals surface area (Å²) in [5.41, 5.74) is 0.681. The zero-order chi connectivity index (χ0) is 19.2. The van der Waals surface area contributed by atoms with Crippen molar-refractivity contribution in [2.75, 3.05) is 39.8 Å². The predicted molar refractivity (Wildman–Crippen MR) is 105 cm³/mol. The summed E-state index contributed by atoms with van der Waals surface area (Å²) in [7, 11) is 1.62. The van der Waals surface area contributed by atoms with Crippen molar-refractivity contribution in [3.05, 3.63) is 29.8 Å². The van der Waals surface area contributed by atoms with Crippen LogP contribution in [0.3, 0.4) is 0 Å². The van der Waals surface area contributed by atoms with Gasteiger partial charge in [0.15, 0.2) is 0 Å². The van der Waals surface area contributed by atoms with Crippen molar-refractivity contribution < 1.29 is 14.3 Å². The number of hydrogen-bond donors (Lipinski definition) is 1. The summed E-state index contributed by atoms with van der Waals surface area (Å²) >= 11 is 0. The highest BCUT2D eigenvalue weighted by atomic mass is 16.5. The van der Waals surface area contributed by atoms with Crippen molar-refractivity contribution in [1.82, 2.24) is 15.1 Å². The molecule has 6 nitrogen and oxygen atoms in total. The van der Waals surface area contributed by atoms with E-state index in [0.29, 0.717) is 31.1 Å². The van der Waals surface area contributed by atoms with E-state index in [0.717, 1.165) is 31.7 Å². The SMILES string of the molecule is CCNC(=O)C(C1CCCC1)N1CCN(C(=O)c2ccc(OC)cc2)CC1. The van der Waals surface area contributed by atoms with E-state index in [1.54, 1.807) is 7.11 Å². The summed E-state index contributed by atoms with van der Waals surface area (Å²) in [5.74, 6) is 1.39. The quantitative estimate of drug-likeness (QED) is 0.830. The molecule has 2 aliphatic rings. The Balaban J connectivity index is 1.61. The zero-order valence-corrected chi connectivity index (χ0v) is 16.4. The van der Waals surface area contributed by atoms with E-state index >= 15 is 0 Å². The average molecular weight is 373 g/mol. The minimum absolute atomic E-state index is 0.0488. The number of hydrogen-bond acceptors (Lipinski definition) is 4. The van der Waals surface area contributed by atoms with Crippen LogP contribution >= 0.6 is 0 Å². The topological polar surface area (TPSA) is 61.9 Å². The molecule has 1 heterocycles. The molecule has 148 valence electrons. The monoisotopic (exact) mass is 373 g/mol. The molecule has 1 aliphatic carbocycles. The fourth-order valence-corrected chi connectivity index (χ4v) is 4.35. The number of amides is 2. The third kappa shape index (κ3) is 4.61. The number of benzene rings is 1. The van der Waals surface area contributed by atoms with Crippen molar-refractivity contribution in [3.8, 4) is 5.75 Å². The van der Waals surface area contributed by atoms with E-state index in [4.69, 9.17) is 4.74 Å². The molecule has 27 heavy (non-hydrogen) atoms. The third-order valence-electron chi connectivity index (χ3n) is 5.80. The number of carbonyl (C=O) groups excluding carboxylic acids is 2.